The molecular formula is C21H24N3O3+. The molecule has 1 amide bonds. The second-order valence-electron chi connectivity index (χ2n) is 7.18. The molecule has 0 atom stereocenters. The van der Waals surface area contributed by atoms with Crippen LogP contribution in [0.15, 0.2) is 42.5 Å². The van der Waals surface area contributed by atoms with Crippen LogP contribution >= 0.6 is 0 Å². The van der Waals surface area contributed by atoms with Gasteiger partial charge in [0.05, 0.1) is 44.5 Å². The third kappa shape index (κ3) is 3.28. The van der Waals surface area contributed by atoms with Gasteiger partial charge in [0.2, 0.25) is 0 Å². The van der Waals surface area contributed by atoms with Crippen molar-refractivity contribution < 1.29 is 19.2 Å². The number of benzene rings is 2. The van der Waals surface area contributed by atoms with Crippen LogP contribution in [0.1, 0.15) is 15.9 Å². The lowest BCUT2D eigenvalue weighted by atomic mass is 10.1. The zero-order chi connectivity index (χ0) is 19.0. The maximum absolute atomic E-state index is 12.4. The fourth-order valence-corrected chi connectivity index (χ4v) is 3.83. The number of fused-ring (bicyclic) bond motifs is 1. The lowest BCUT2D eigenvalue weighted by Gasteiger charge is -2.35. The van der Waals surface area contributed by atoms with Crippen LogP contribution in [0.2, 0.25) is 0 Å². The molecule has 1 N–H and O–H groups in total. The lowest BCUT2D eigenvalue weighted by Crippen LogP contribution is -3.16. The zero-order valence-corrected chi connectivity index (χ0v) is 15.7. The van der Waals surface area contributed by atoms with Gasteiger partial charge >= 0.3 is 5.91 Å². The molecule has 2 aromatic carbocycles. The van der Waals surface area contributed by atoms with Gasteiger partial charge < -0.3 is 14.5 Å². The largest absolute Gasteiger partial charge is 0.497 e. The summed E-state index contributed by atoms with van der Waals surface area (Å²) in [5, 5.41) is 0. The molecule has 0 aromatic heterocycles. The van der Waals surface area contributed by atoms with Gasteiger partial charge in [-0.05, 0) is 43.3 Å². The summed E-state index contributed by atoms with van der Waals surface area (Å²) >= 11 is 0. The molecule has 0 aliphatic carbocycles. The van der Waals surface area contributed by atoms with Gasteiger partial charge in [0.1, 0.15) is 5.75 Å². The number of carbonyl (C=O) groups is 2. The summed E-state index contributed by atoms with van der Waals surface area (Å²) < 4.78 is 5.22. The Hall–Kier alpha value is -2.86. The minimum absolute atomic E-state index is 0.384. The van der Waals surface area contributed by atoms with Gasteiger partial charge in [0.15, 0.2) is 6.67 Å². The van der Waals surface area contributed by atoms with Gasteiger partial charge in [-0.15, -0.1) is 0 Å². The van der Waals surface area contributed by atoms with Crippen molar-refractivity contribution >= 4 is 23.1 Å². The van der Waals surface area contributed by atoms with Gasteiger partial charge in [0.25, 0.3) is 5.78 Å². The maximum Gasteiger partial charge on any atom is 0.303 e. The third-order valence-corrected chi connectivity index (χ3v) is 5.42. The molecule has 1 fully saturated rings. The zero-order valence-electron chi connectivity index (χ0n) is 15.7. The lowest BCUT2D eigenvalue weighted by molar-refractivity contribution is -0.899. The molecule has 0 unspecified atom stereocenters. The molecule has 4 rings (SSSR count). The van der Waals surface area contributed by atoms with Crippen LogP contribution in [0.3, 0.4) is 0 Å². The number of quaternary nitrogens is 1. The van der Waals surface area contributed by atoms with Gasteiger partial charge in [-0.2, -0.15) is 0 Å². The van der Waals surface area contributed by atoms with E-state index in [0.717, 1.165) is 43.2 Å². The molecule has 0 saturated carbocycles. The SMILES string of the molecule is COc1ccc(N2CC[NH+](CN3C(=O)C(=O)c4cc(C)ccc43)CC2)cc1. The highest BCUT2D eigenvalue weighted by Gasteiger charge is 2.38. The van der Waals surface area contributed by atoms with Crippen molar-refractivity contribution in [2.75, 3.05) is 49.8 Å². The van der Waals surface area contributed by atoms with E-state index >= 15 is 0 Å². The highest BCUT2D eigenvalue weighted by Crippen LogP contribution is 2.28. The number of ketones is 1. The second-order valence-corrected chi connectivity index (χ2v) is 7.18. The number of nitrogens with zero attached hydrogens (tertiary/aromatic N) is 2. The number of methoxy groups -OCH3 is 1. The molecule has 6 heteroatoms. The van der Waals surface area contributed by atoms with Crippen LogP contribution in [0.4, 0.5) is 11.4 Å². The van der Waals surface area contributed by atoms with Crippen molar-refractivity contribution in [1.29, 1.82) is 0 Å². The smallest absolute Gasteiger partial charge is 0.303 e. The normalized spacial score (nSPS) is 17.4. The van der Waals surface area contributed by atoms with E-state index in [1.165, 1.54) is 10.6 Å². The standard InChI is InChI=1S/C21H23N3O3/c1-15-3-8-19-18(13-15)20(25)21(26)24(19)14-22-9-11-23(12-10-22)16-4-6-17(27-2)7-5-16/h3-8,13H,9-12,14H2,1-2H3/p+1. The number of carbonyl (C=O) groups excluding carboxylic acids is 2. The van der Waals surface area contributed by atoms with Crippen LogP contribution in [0.25, 0.3) is 0 Å². The number of ether oxygens (including phenoxy) is 1. The number of Topliss-reactive ketones (excluding diaryl/α,β-unsaturated/α-hetero) is 1. The molecule has 2 aromatic rings. The Morgan fingerprint density at radius 3 is 2.41 bits per heavy atom. The summed E-state index contributed by atoms with van der Waals surface area (Å²) in [5.41, 5.74) is 3.47. The van der Waals surface area contributed by atoms with Crippen molar-refractivity contribution in [2.45, 2.75) is 6.92 Å². The number of anilines is 2. The van der Waals surface area contributed by atoms with E-state index in [0.29, 0.717) is 12.2 Å². The summed E-state index contributed by atoms with van der Waals surface area (Å²) in [6.45, 7) is 6.15. The number of nitrogens with one attached hydrogen (secondary N) is 1. The molecule has 0 radical (unpaired) electrons. The van der Waals surface area contributed by atoms with E-state index in [9.17, 15) is 9.59 Å². The number of amides is 1. The first-order valence-corrected chi connectivity index (χ1v) is 9.26. The molecule has 2 aliphatic rings. The summed E-state index contributed by atoms with van der Waals surface area (Å²) in [7, 11) is 1.67. The second kappa shape index (κ2) is 7.04. The van der Waals surface area contributed by atoms with Crippen LogP contribution in [0.5, 0.6) is 5.75 Å². The number of aryl methyl sites for hydroxylation is 1. The van der Waals surface area contributed by atoms with Crippen molar-refractivity contribution in [3.05, 3.63) is 53.6 Å². The van der Waals surface area contributed by atoms with Crippen molar-refractivity contribution in [3.8, 4) is 5.75 Å². The number of hydrogen-bond acceptors (Lipinski definition) is 4. The van der Waals surface area contributed by atoms with Crippen molar-refractivity contribution in [1.82, 2.24) is 0 Å². The predicted molar refractivity (Wildman–Crippen MR) is 104 cm³/mol. The van der Waals surface area contributed by atoms with Crippen LogP contribution in [-0.2, 0) is 4.79 Å². The molecule has 6 nitrogen and oxygen atoms in total. The summed E-state index contributed by atoms with van der Waals surface area (Å²) in [5.74, 6) is 0.0692. The van der Waals surface area contributed by atoms with Crippen LogP contribution in [0, 0.1) is 6.92 Å². The van der Waals surface area contributed by atoms with Gasteiger partial charge in [-0.3, -0.25) is 14.5 Å². The monoisotopic (exact) mass is 366 g/mol. The van der Waals surface area contributed by atoms with Gasteiger partial charge in [-0.1, -0.05) is 11.6 Å². The molecule has 27 heavy (non-hydrogen) atoms. The highest BCUT2D eigenvalue weighted by atomic mass is 16.5. The van der Waals surface area contributed by atoms with Crippen molar-refractivity contribution in [3.63, 3.8) is 0 Å². The van der Waals surface area contributed by atoms with E-state index in [2.05, 4.69) is 17.0 Å². The first kappa shape index (κ1) is 17.5. The Labute approximate surface area is 158 Å². The predicted octanol–water partition coefficient (Wildman–Crippen LogP) is 0.896. The van der Waals surface area contributed by atoms with E-state index in [-0.39, 0.29) is 5.78 Å². The number of hydrogen-bond donors (Lipinski definition) is 1. The summed E-state index contributed by atoms with van der Waals surface area (Å²) in [4.78, 5) is 30.0. The fraction of sp³-hybridized carbons (Fsp3) is 0.333. The van der Waals surface area contributed by atoms with Gasteiger partial charge in [0, 0.05) is 5.69 Å². The number of rotatable bonds is 4. The number of piperazine rings is 1. The maximum atomic E-state index is 12.4. The average Bonchev–Trinajstić information content (AvgIpc) is 2.93. The Balaban J connectivity index is 1.41. The Morgan fingerprint density at radius 2 is 1.74 bits per heavy atom. The van der Waals surface area contributed by atoms with Gasteiger partial charge in [-0.25, -0.2) is 0 Å². The Kier molecular flexibility index (Phi) is 4.58. The first-order valence-electron chi connectivity index (χ1n) is 9.26. The summed E-state index contributed by atoms with van der Waals surface area (Å²) in [6.07, 6.45) is 0. The molecule has 2 heterocycles. The average molecular weight is 366 g/mol. The third-order valence-electron chi connectivity index (χ3n) is 5.42. The van der Waals surface area contributed by atoms with Crippen LogP contribution < -0.4 is 19.4 Å². The molecule has 0 spiro atoms. The van der Waals surface area contributed by atoms with Crippen LogP contribution in [-0.4, -0.2) is 51.6 Å². The first-order chi connectivity index (χ1) is 13.1. The highest BCUT2D eigenvalue weighted by molar-refractivity contribution is 6.52. The quantitative estimate of drug-likeness (QED) is 0.817. The Morgan fingerprint density at radius 1 is 1.04 bits per heavy atom. The van der Waals surface area contributed by atoms with E-state index in [1.807, 2.05) is 37.3 Å². The Bertz CT molecular complexity index is 871. The van der Waals surface area contributed by atoms with E-state index < -0.39 is 5.91 Å². The fourth-order valence-electron chi connectivity index (χ4n) is 3.83. The summed E-state index contributed by atoms with van der Waals surface area (Å²) in [6, 6.07) is 13.8. The molecule has 140 valence electrons. The topological polar surface area (TPSA) is 54.3 Å². The van der Waals surface area contributed by atoms with E-state index in [4.69, 9.17) is 4.74 Å². The molecular weight excluding hydrogens is 342 g/mol. The minimum Gasteiger partial charge on any atom is -0.497 e. The molecule has 0 bridgehead atoms. The van der Waals surface area contributed by atoms with E-state index in [1.54, 1.807) is 12.0 Å². The molecule has 2 aliphatic heterocycles. The van der Waals surface area contributed by atoms with Crippen molar-refractivity contribution in [2.24, 2.45) is 0 Å². The minimum atomic E-state index is -0.402. The molecule has 1 saturated heterocycles.